The Morgan fingerprint density at radius 2 is 2.08 bits per heavy atom. The van der Waals surface area contributed by atoms with Crippen LogP contribution in [0, 0.1) is 11.6 Å². The van der Waals surface area contributed by atoms with Crippen molar-refractivity contribution >= 4 is 35.3 Å². The number of nitrogens with zero attached hydrogens (tertiary/aromatic N) is 2. The van der Waals surface area contributed by atoms with Crippen LogP contribution < -0.4 is 22.1 Å². The molecule has 26 heavy (non-hydrogen) atoms. The Kier molecular flexibility index (Phi) is 5.67. The summed E-state index contributed by atoms with van der Waals surface area (Å²) in [6.45, 7) is 0. The van der Waals surface area contributed by atoms with E-state index in [2.05, 4.69) is 15.1 Å². The molecule has 12 heteroatoms. The molecule has 1 amide bonds. The van der Waals surface area contributed by atoms with E-state index >= 15 is 0 Å². The molecule has 9 nitrogen and oxygen atoms in total. The van der Waals surface area contributed by atoms with Gasteiger partial charge in [-0.1, -0.05) is 11.8 Å². The molecular weight excluding hydrogens is 370 g/mol. The number of hydrazone groups is 1. The first-order chi connectivity index (χ1) is 12.3. The van der Waals surface area contributed by atoms with Crippen molar-refractivity contribution in [3.05, 3.63) is 45.2 Å². The Hall–Kier alpha value is -3.28. The Balaban J connectivity index is 2.42. The molecule has 1 heterocycles. The summed E-state index contributed by atoms with van der Waals surface area (Å²) in [6, 6.07) is 1.68. The van der Waals surface area contributed by atoms with E-state index in [1.807, 2.05) is 5.32 Å². The monoisotopic (exact) mass is 383 g/mol. The Bertz CT molecular complexity index is 953. The van der Waals surface area contributed by atoms with Gasteiger partial charge in [-0.3, -0.25) is 15.0 Å². The molecule has 0 fully saturated rings. The summed E-state index contributed by atoms with van der Waals surface area (Å²) in [4.78, 5) is 29.9. The lowest BCUT2D eigenvalue weighted by Gasteiger charge is -2.10. The van der Waals surface area contributed by atoms with Gasteiger partial charge in [-0.25, -0.2) is 8.78 Å². The lowest BCUT2D eigenvalue weighted by Crippen LogP contribution is -2.35. The van der Waals surface area contributed by atoms with Gasteiger partial charge in [-0.15, -0.1) is 0 Å². The minimum Gasteiger partial charge on any atom is -0.493 e. The lowest BCUT2D eigenvalue weighted by atomic mass is 10.1. The van der Waals surface area contributed by atoms with Crippen LogP contribution in [0.3, 0.4) is 0 Å². The zero-order chi connectivity index (χ0) is 19.4. The van der Waals surface area contributed by atoms with Crippen molar-refractivity contribution in [1.29, 1.82) is 0 Å². The van der Waals surface area contributed by atoms with Gasteiger partial charge in [-0.05, 0) is 18.4 Å². The van der Waals surface area contributed by atoms with Crippen molar-refractivity contribution in [2.75, 3.05) is 11.6 Å². The molecule has 1 aromatic carbocycles. The van der Waals surface area contributed by atoms with E-state index in [-0.39, 0.29) is 16.4 Å². The van der Waals surface area contributed by atoms with Gasteiger partial charge >= 0.3 is 0 Å². The number of amides is 1. The van der Waals surface area contributed by atoms with Crippen molar-refractivity contribution in [1.82, 2.24) is 9.97 Å². The Morgan fingerprint density at radius 3 is 2.54 bits per heavy atom. The molecule has 0 aliphatic rings. The summed E-state index contributed by atoms with van der Waals surface area (Å²) in [5, 5.41) is 20.2. The average Bonchev–Trinajstić information content (AvgIpc) is 2.58. The Morgan fingerprint density at radius 1 is 1.46 bits per heavy atom. The number of benzene rings is 1. The van der Waals surface area contributed by atoms with Crippen LogP contribution in [0.15, 0.2) is 27.2 Å². The van der Waals surface area contributed by atoms with Crippen LogP contribution in [0.5, 0.6) is 5.88 Å². The highest BCUT2D eigenvalue weighted by molar-refractivity contribution is 7.98. The second kappa shape index (κ2) is 7.74. The summed E-state index contributed by atoms with van der Waals surface area (Å²) in [5.41, 5.74) is -2.72. The number of thioether (sulfide) groups is 1. The maximum absolute atomic E-state index is 14.2. The fourth-order valence-corrected chi connectivity index (χ4v) is 2.35. The summed E-state index contributed by atoms with van der Waals surface area (Å²) in [7, 11) is 0. The van der Waals surface area contributed by atoms with Gasteiger partial charge in [0.1, 0.15) is 17.3 Å². The van der Waals surface area contributed by atoms with E-state index < -0.39 is 40.2 Å². The SMILES string of the molecule is CSc1nc(O)c(C(=O)Nc2c(F)cc(C(C=[NH2+])=NN)cc2F)c(=O)[nH]1. The summed E-state index contributed by atoms with van der Waals surface area (Å²) >= 11 is 1.02. The molecule has 7 N–H and O–H groups in total. The van der Waals surface area contributed by atoms with Crippen molar-refractivity contribution in [3.63, 3.8) is 0 Å². The molecule has 0 radical (unpaired) electrons. The smallest absolute Gasteiger partial charge is 0.268 e. The summed E-state index contributed by atoms with van der Waals surface area (Å²) in [5.74, 6) is 0.608. The van der Waals surface area contributed by atoms with Crippen LogP contribution in [-0.2, 0) is 0 Å². The molecule has 1 aromatic heterocycles. The number of hydrogen-bond acceptors (Lipinski definition) is 7. The molecule has 0 spiro atoms. The van der Waals surface area contributed by atoms with Crippen LogP contribution in [0.4, 0.5) is 14.5 Å². The van der Waals surface area contributed by atoms with Crippen LogP contribution in [0.25, 0.3) is 0 Å². The number of aromatic amines is 1. The molecule has 2 aromatic rings. The largest absolute Gasteiger partial charge is 0.493 e. The number of carbonyl (C=O) groups is 1. The van der Waals surface area contributed by atoms with Gasteiger partial charge < -0.3 is 21.2 Å². The molecule has 0 saturated carbocycles. The molecule has 0 aliphatic carbocycles. The minimum atomic E-state index is -1.24. The lowest BCUT2D eigenvalue weighted by molar-refractivity contribution is -0.102. The number of carbonyl (C=O) groups excluding carboxylic acids is 1. The number of nitrogens with one attached hydrogen (secondary N) is 2. The van der Waals surface area contributed by atoms with Gasteiger partial charge in [0.15, 0.2) is 22.6 Å². The standard InChI is InChI=1S/C14H12F2N6O3S/c1-26-14-20-12(24)9(13(25)21-14)11(23)19-10-6(15)2-5(3-7(10)16)8(4-17)22-18/h2-4,17H,18H2,1H3,(H,19,23)(H2,20,21,24,25)/p+1. The Labute approximate surface area is 148 Å². The third-order valence-corrected chi connectivity index (χ3v) is 3.75. The van der Waals surface area contributed by atoms with Crippen LogP contribution in [0.2, 0.25) is 0 Å². The molecule has 136 valence electrons. The first kappa shape index (κ1) is 19.1. The van der Waals surface area contributed by atoms with Crippen molar-refractivity contribution in [3.8, 4) is 5.88 Å². The van der Waals surface area contributed by atoms with E-state index in [4.69, 9.17) is 11.3 Å². The van der Waals surface area contributed by atoms with E-state index in [9.17, 15) is 23.5 Å². The maximum atomic E-state index is 14.2. The number of aromatic hydroxyl groups is 1. The predicted molar refractivity (Wildman–Crippen MR) is 91.3 cm³/mol. The molecule has 0 aliphatic heterocycles. The molecular formula is C14H13F2N6O3S+. The van der Waals surface area contributed by atoms with E-state index in [0.717, 1.165) is 30.1 Å². The van der Waals surface area contributed by atoms with E-state index in [1.54, 1.807) is 6.26 Å². The van der Waals surface area contributed by atoms with Gasteiger partial charge in [0.2, 0.25) is 5.88 Å². The first-order valence-corrected chi connectivity index (χ1v) is 8.05. The third kappa shape index (κ3) is 3.69. The van der Waals surface area contributed by atoms with Gasteiger partial charge in [0.25, 0.3) is 11.5 Å². The quantitative estimate of drug-likeness (QED) is 0.150. The number of rotatable bonds is 5. The topological polar surface area (TPSA) is 159 Å². The number of H-pyrrole nitrogens is 1. The number of hydrogen-bond donors (Lipinski definition) is 5. The zero-order valence-electron chi connectivity index (χ0n) is 13.2. The van der Waals surface area contributed by atoms with Gasteiger partial charge in [0.05, 0.1) is 0 Å². The molecule has 2 rings (SSSR count). The molecule has 0 saturated heterocycles. The third-order valence-electron chi connectivity index (χ3n) is 3.17. The fraction of sp³-hybridized carbons (Fsp3) is 0.0714. The summed E-state index contributed by atoms with van der Waals surface area (Å²) < 4.78 is 28.3. The highest BCUT2D eigenvalue weighted by Gasteiger charge is 2.22. The van der Waals surface area contributed by atoms with E-state index in [0.29, 0.717) is 0 Å². The maximum Gasteiger partial charge on any atom is 0.268 e. The van der Waals surface area contributed by atoms with Crippen LogP contribution in [0.1, 0.15) is 15.9 Å². The van der Waals surface area contributed by atoms with Crippen molar-refractivity contribution in [2.24, 2.45) is 10.9 Å². The highest BCUT2D eigenvalue weighted by atomic mass is 32.2. The average molecular weight is 383 g/mol. The number of halogens is 2. The summed E-state index contributed by atoms with van der Waals surface area (Å²) in [6.07, 6.45) is 2.53. The highest BCUT2D eigenvalue weighted by Crippen LogP contribution is 2.23. The predicted octanol–water partition coefficient (Wildman–Crippen LogP) is -0.779. The fourth-order valence-electron chi connectivity index (χ4n) is 1.97. The second-order valence-electron chi connectivity index (χ2n) is 4.72. The second-order valence-corrected chi connectivity index (χ2v) is 5.52. The molecule has 0 bridgehead atoms. The van der Waals surface area contributed by atoms with Gasteiger partial charge in [-0.2, -0.15) is 10.1 Å². The molecule has 0 unspecified atom stereocenters. The van der Waals surface area contributed by atoms with Gasteiger partial charge in [0, 0.05) is 5.56 Å². The van der Waals surface area contributed by atoms with Crippen LogP contribution in [-0.4, -0.2) is 39.2 Å². The van der Waals surface area contributed by atoms with E-state index in [1.165, 1.54) is 0 Å². The van der Waals surface area contributed by atoms with Crippen molar-refractivity contribution < 1.29 is 24.1 Å². The number of nitrogens with two attached hydrogens (primary N) is 2. The first-order valence-electron chi connectivity index (χ1n) is 6.83. The normalized spacial score (nSPS) is 11.3. The number of anilines is 1. The van der Waals surface area contributed by atoms with Crippen molar-refractivity contribution in [2.45, 2.75) is 5.16 Å². The van der Waals surface area contributed by atoms with Crippen LogP contribution >= 0.6 is 11.8 Å². The molecule has 0 atom stereocenters. The zero-order valence-corrected chi connectivity index (χ0v) is 14.0. The number of aromatic nitrogens is 2. The minimum absolute atomic E-state index is 0.0605.